The van der Waals surface area contributed by atoms with Gasteiger partial charge in [-0.1, -0.05) is 23.8 Å². The van der Waals surface area contributed by atoms with Crippen LogP contribution in [0.1, 0.15) is 28.8 Å². The summed E-state index contributed by atoms with van der Waals surface area (Å²) in [6.07, 6.45) is 7.29. The first-order valence-electron chi connectivity index (χ1n) is 7.28. The molecule has 0 aromatic heterocycles. The predicted octanol–water partition coefficient (Wildman–Crippen LogP) is 3.41. The van der Waals surface area contributed by atoms with E-state index in [4.69, 9.17) is 4.74 Å². The third kappa shape index (κ3) is 2.45. The van der Waals surface area contributed by atoms with Crippen LogP contribution in [-0.2, 0) is 4.74 Å². The second kappa shape index (κ2) is 5.31. The maximum absolute atomic E-state index is 11.8. The van der Waals surface area contributed by atoms with Crippen molar-refractivity contribution in [3.8, 4) is 0 Å². The van der Waals surface area contributed by atoms with Gasteiger partial charge in [0.15, 0.2) is 0 Å². The van der Waals surface area contributed by atoms with E-state index in [1.807, 2.05) is 25.1 Å². The van der Waals surface area contributed by atoms with E-state index in [9.17, 15) is 4.79 Å². The van der Waals surface area contributed by atoms with E-state index in [0.29, 0.717) is 11.5 Å². The molecule has 0 amide bonds. The maximum Gasteiger partial charge on any atom is 0.339 e. The van der Waals surface area contributed by atoms with Gasteiger partial charge in [0.05, 0.1) is 12.7 Å². The number of rotatable bonds is 4. The smallest absolute Gasteiger partial charge is 0.339 e. The lowest BCUT2D eigenvalue weighted by atomic mass is 9.93. The van der Waals surface area contributed by atoms with Crippen LogP contribution in [0.5, 0.6) is 0 Å². The predicted molar refractivity (Wildman–Crippen MR) is 79.9 cm³/mol. The molecule has 2 aliphatic carbocycles. The molecule has 3 rings (SSSR count). The molecular formula is C17H21NO2. The van der Waals surface area contributed by atoms with Crippen molar-refractivity contribution in [2.75, 3.05) is 19.0 Å². The van der Waals surface area contributed by atoms with Crippen molar-refractivity contribution in [1.29, 1.82) is 0 Å². The van der Waals surface area contributed by atoms with Crippen LogP contribution in [-0.4, -0.2) is 19.6 Å². The van der Waals surface area contributed by atoms with E-state index in [-0.39, 0.29) is 5.97 Å². The van der Waals surface area contributed by atoms with Crippen LogP contribution in [0.2, 0.25) is 0 Å². The van der Waals surface area contributed by atoms with Crippen molar-refractivity contribution in [1.82, 2.24) is 0 Å². The van der Waals surface area contributed by atoms with Crippen LogP contribution in [0.25, 0.3) is 0 Å². The topological polar surface area (TPSA) is 38.3 Å². The summed E-state index contributed by atoms with van der Waals surface area (Å²) in [5.41, 5.74) is 2.58. The van der Waals surface area contributed by atoms with Gasteiger partial charge >= 0.3 is 5.97 Å². The normalized spacial score (nSPS) is 26.8. The zero-order valence-electron chi connectivity index (χ0n) is 12.1. The number of hydrogen-bond donors (Lipinski definition) is 1. The van der Waals surface area contributed by atoms with Crippen LogP contribution in [0.15, 0.2) is 30.4 Å². The summed E-state index contributed by atoms with van der Waals surface area (Å²) in [6.45, 7) is 2.91. The lowest BCUT2D eigenvalue weighted by Gasteiger charge is -2.20. The van der Waals surface area contributed by atoms with Gasteiger partial charge in [0, 0.05) is 12.2 Å². The molecule has 1 aromatic rings. The monoisotopic (exact) mass is 271 g/mol. The molecule has 2 bridgehead atoms. The van der Waals surface area contributed by atoms with Crippen molar-refractivity contribution < 1.29 is 9.53 Å². The molecule has 3 nitrogen and oxygen atoms in total. The fraction of sp³-hybridized carbons (Fsp3) is 0.471. The highest BCUT2D eigenvalue weighted by Gasteiger charge is 2.35. The number of aryl methyl sites for hydroxylation is 1. The molecule has 20 heavy (non-hydrogen) atoms. The third-order valence-corrected chi connectivity index (χ3v) is 4.55. The molecule has 0 radical (unpaired) electrons. The minimum atomic E-state index is -0.274. The molecule has 0 spiro atoms. The molecule has 3 unspecified atom stereocenters. The lowest BCUT2D eigenvalue weighted by Crippen LogP contribution is -2.19. The van der Waals surface area contributed by atoms with E-state index in [1.54, 1.807) is 0 Å². The Bertz CT molecular complexity index is 550. The van der Waals surface area contributed by atoms with E-state index < -0.39 is 0 Å². The van der Waals surface area contributed by atoms with Crippen LogP contribution in [0, 0.1) is 24.7 Å². The first-order valence-corrected chi connectivity index (χ1v) is 7.28. The Labute approximate surface area is 120 Å². The van der Waals surface area contributed by atoms with Gasteiger partial charge in [-0.05, 0) is 49.7 Å². The minimum absolute atomic E-state index is 0.274. The minimum Gasteiger partial charge on any atom is -0.465 e. The zero-order valence-corrected chi connectivity index (χ0v) is 12.1. The van der Waals surface area contributed by atoms with E-state index in [2.05, 4.69) is 17.5 Å². The zero-order chi connectivity index (χ0) is 14.1. The number of carbonyl (C=O) groups is 1. The van der Waals surface area contributed by atoms with Crippen molar-refractivity contribution in [2.24, 2.45) is 17.8 Å². The fourth-order valence-electron chi connectivity index (χ4n) is 3.46. The molecule has 1 aromatic carbocycles. The molecule has 1 fully saturated rings. The van der Waals surface area contributed by atoms with Crippen LogP contribution in [0.3, 0.4) is 0 Å². The second-order valence-corrected chi connectivity index (χ2v) is 5.96. The van der Waals surface area contributed by atoms with Gasteiger partial charge < -0.3 is 10.1 Å². The van der Waals surface area contributed by atoms with Gasteiger partial charge in [0.1, 0.15) is 0 Å². The van der Waals surface area contributed by atoms with E-state index in [1.165, 1.54) is 20.0 Å². The molecule has 0 aliphatic heterocycles. The largest absolute Gasteiger partial charge is 0.465 e. The van der Waals surface area contributed by atoms with Gasteiger partial charge in [-0.3, -0.25) is 0 Å². The first kappa shape index (κ1) is 13.2. The Morgan fingerprint density at radius 2 is 2.20 bits per heavy atom. The summed E-state index contributed by atoms with van der Waals surface area (Å²) in [5.74, 6) is 1.92. The van der Waals surface area contributed by atoms with E-state index in [0.717, 1.165) is 29.6 Å². The van der Waals surface area contributed by atoms with Gasteiger partial charge in [-0.2, -0.15) is 0 Å². The number of hydrogen-bond acceptors (Lipinski definition) is 3. The van der Waals surface area contributed by atoms with Crippen LogP contribution in [0.4, 0.5) is 5.69 Å². The summed E-state index contributed by atoms with van der Waals surface area (Å²) in [6, 6.07) is 5.88. The summed E-state index contributed by atoms with van der Waals surface area (Å²) in [4.78, 5) is 11.8. The third-order valence-electron chi connectivity index (χ3n) is 4.55. The molecule has 3 atom stereocenters. The number of esters is 1. The number of allylic oxidation sites excluding steroid dienone is 2. The SMILES string of the molecule is COC(=O)c1cc(C)ccc1NCC1CC2C=CC1C2. The average Bonchev–Trinajstić information content (AvgIpc) is 3.07. The van der Waals surface area contributed by atoms with Gasteiger partial charge in [0.2, 0.25) is 0 Å². The maximum atomic E-state index is 11.8. The van der Waals surface area contributed by atoms with Gasteiger partial charge in [0.25, 0.3) is 0 Å². The Hall–Kier alpha value is -1.77. The van der Waals surface area contributed by atoms with Crippen molar-refractivity contribution in [3.05, 3.63) is 41.5 Å². The average molecular weight is 271 g/mol. The highest BCUT2D eigenvalue weighted by molar-refractivity contribution is 5.95. The standard InChI is InChI=1S/C17H21NO2/c1-11-3-6-16(15(7-11)17(19)20-2)18-10-14-9-12-4-5-13(14)8-12/h3-7,12-14,18H,8-10H2,1-2H3. The summed E-state index contributed by atoms with van der Waals surface area (Å²) in [7, 11) is 1.43. The summed E-state index contributed by atoms with van der Waals surface area (Å²) in [5, 5.41) is 3.45. The summed E-state index contributed by atoms with van der Waals surface area (Å²) >= 11 is 0. The van der Waals surface area contributed by atoms with Crippen molar-refractivity contribution in [2.45, 2.75) is 19.8 Å². The fourth-order valence-corrected chi connectivity index (χ4v) is 3.46. The number of nitrogens with one attached hydrogen (secondary N) is 1. The molecule has 1 saturated carbocycles. The molecule has 0 saturated heterocycles. The van der Waals surface area contributed by atoms with Crippen molar-refractivity contribution in [3.63, 3.8) is 0 Å². The van der Waals surface area contributed by atoms with Crippen LogP contribution >= 0.6 is 0 Å². The Kier molecular flexibility index (Phi) is 3.51. The molecule has 2 aliphatic rings. The van der Waals surface area contributed by atoms with E-state index >= 15 is 0 Å². The Morgan fingerprint density at radius 3 is 2.85 bits per heavy atom. The Morgan fingerprint density at radius 1 is 1.35 bits per heavy atom. The molecule has 1 N–H and O–H groups in total. The molecule has 106 valence electrons. The number of ether oxygens (including phenoxy) is 1. The van der Waals surface area contributed by atoms with Gasteiger partial charge in [-0.15, -0.1) is 0 Å². The summed E-state index contributed by atoms with van der Waals surface area (Å²) < 4.78 is 4.86. The number of anilines is 1. The number of methoxy groups -OCH3 is 1. The van der Waals surface area contributed by atoms with Gasteiger partial charge in [-0.25, -0.2) is 4.79 Å². The number of fused-ring (bicyclic) bond motifs is 2. The quantitative estimate of drug-likeness (QED) is 0.673. The molecular weight excluding hydrogens is 250 g/mol. The number of carbonyl (C=O) groups excluding carboxylic acids is 1. The first-order chi connectivity index (χ1) is 9.67. The number of benzene rings is 1. The molecule has 3 heteroatoms. The van der Waals surface area contributed by atoms with Crippen molar-refractivity contribution >= 4 is 11.7 Å². The highest BCUT2D eigenvalue weighted by Crippen LogP contribution is 2.43. The van der Waals surface area contributed by atoms with Crippen LogP contribution < -0.4 is 5.32 Å². The Balaban J connectivity index is 1.71. The second-order valence-electron chi connectivity index (χ2n) is 5.96. The molecule has 0 heterocycles. The lowest BCUT2D eigenvalue weighted by molar-refractivity contribution is 0.0601. The highest BCUT2D eigenvalue weighted by atomic mass is 16.5.